The number of halogens is 3. The zero-order valence-corrected chi connectivity index (χ0v) is 17.4. The average Bonchev–Trinajstić information content (AvgIpc) is 2.82. The molecule has 3 aromatic rings. The number of carbonyl (C=O) groups is 1. The molecule has 33 heavy (non-hydrogen) atoms. The second-order valence-electron chi connectivity index (χ2n) is 7.39. The molecule has 0 saturated carbocycles. The minimum atomic E-state index is -4.59. The Morgan fingerprint density at radius 1 is 0.909 bits per heavy atom. The SMILES string of the molecule is O=C(c1ccccc1C(F)(F)F)N1CCN(c2ncc(C#Cc3cccc(O)c3)cn2)CC1. The van der Waals surface area contributed by atoms with E-state index in [1.165, 1.54) is 23.1 Å². The number of carbonyl (C=O) groups excluding carboxylic acids is 1. The molecule has 0 aliphatic carbocycles. The Bertz CT molecular complexity index is 1210. The van der Waals surface area contributed by atoms with Crippen molar-refractivity contribution in [3.8, 4) is 17.6 Å². The van der Waals surface area contributed by atoms with Crippen LogP contribution in [-0.4, -0.2) is 52.1 Å². The summed E-state index contributed by atoms with van der Waals surface area (Å²) in [5.74, 6) is 5.80. The fourth-order valence-electron chi connectivity index (χ4n) is 3.47. The van der Waals surface area contributed by atoms with Gasteiger partial charge in [-0.3, -0.25) is 4.79 Å². The van der Waals surface area contributed by atoms with Crippen LogP contribution in [0.5, 0.6) is 5.75 Å². The summed E-state index contributed by atoms with van der Waals surface area (Å²) in [7, 11) is 0. The summed E-state index contributed by atoms with van der Waals surface area (Å²) in [6, 6.07) is 11.4. The van der Waals surface area contributed by atoms with E-state index in [2.05, 4.69) is 21.8 Å². The number of aromatic hydroxyl groups is 1. The van der Waals surface area contributed by atoms with Crippen molar-refractivity contribution >= 4 is 11.9 Å². The Hall–Kier alpha value is -4.06. The van der Waals surface area contributed by atoms with Gasteiger partial charge in [-0.05, 0) is 30.3 Å². The number of nitrogens with zero attached hydrogens (tertiary/aromatic N) is 4. The maximum Gasteiger partial charge on any atom is 0.417 e. The van der Waals surface area contributed by atoms with Crippen LogP contribution in [-0.2, 0) is 6.18 Å². The lowest BCUT2D eigenvalue weighted by Crippen LogP contribution is -2.49. The first kappa shape index (κ1) is 22.1. The lowest BCUT2D eigenvalue weighted by atomic mass is 10.1. The molecule has 6 nitrogen and oxygen atoms in total. The van der Waals surface area contributed by atoms with Crippen LogP contribution in [0.2, 0.25) is 0 Å². The van der Waals surface area contributed by atoms with Gasteiger partial charge in [0.05, 0.1) is 16.7 Å². The molecule has 1 aliphatic heterocycles. The normalized spacial score (nSPS) is 13.9. The molecule has 0 unspecified atom stereocenters. The molecule has 1 aromatic heterocycles. The lowest BCUT2D eigenvalue weighted by molar-refractivity contribution is -0.138. The molecule has 1 N–H and O–H groups in total. The van der Waals surface area contributed by atoms with Gasteiger partial charge in [0, 0.05) is 44.1 Å². The molecule has 9 heteroatoms. The monoisotopic (exact) mass is 452 g/mol. The Kier molecular flexibility index (Phi) is 6.18. The maximum atomic E-state index is 13.2. The van der Waals surface area contributed by atoms with E-state index in [4.69, 9.17) is 0 Å². The highest BCUT2D eigenvalue weighted by Gasteiger charge is 2.36. The molecular formula is C24H19F3N4O2. The van der Waals surface area contributed by atoms with E-state index in [0.717, 1.165) is 6.07 Å². The van der Waals surface area contributed by atoms with E-state index in [1.54, 1.807) is 36.7 Å². The molecule has 4 rings (SSSR count). The number of alkyl halides is 3. The molecule has 0 bridgehead atoms. The Labute approximate surface area is 188 Å². The van der Waals surface area contributed by atoms with Crippen LogP contribution in [0, 0.1) is 11.8 Å². The van der Waals surface area contributed by atoms with Crippen LogP contribution < -0.4 is 4.90 Å². The van der Waals surface area contributed by atoms with Crippen LogP contribution in [0.15, 0.2) is 60.9 Å². The predicted molar refractivity (Wildman–Crippen MR) is 116 cm³/mol. The van der Waals surface area contributed by atoms with Gasteiger partial charge >= 0.3 is 6.18 Å². The minimum Gasteiger partial charge on any atom is -0.508 e. The van der Waals surface area contributed by atoms with Gasteiger partial charge < -0.3 is 14.9 Å². The first-order valence-corrected chi connectivity index (χ1v) is 10.1. The third-order valence-electron chi connectivity index (χ3n) is 5.15. The third kappa shape index (κ3) is 5.23. The summed E-state index contributed by atoms with van der Waals surface area (Å²) in [4.78, 5) is 24.6. The molecule has 1 amide bonds. The lowest BCUT2D eigenvalue weighted by Gasteiger charge is -2.35. The molecule has 1 fully saturated rings. The quantitative estimate of drug-likeness (QED) is 0.603. The molecule has 0 radical (unpaired) electrons. The van der Waals surface area contributed by atoms with Gasteiger partial charge in [0.1, 0.15) is 5.75 Å². The number of hydrogen-bond acceptors (Lipinski definition) is 5. The van der Waals surface area contributed by atoms with Crippen LogP contribution in [0.25, 0.3) is 0 Å². The zero-order valence-electron chi connectivity index (χ0n) is 17.4. The van der Waals surface area contributed by atoms with Crippen molar-refractivity contribution < 1.29 is 23.1 Å². The summed E-state index contributed by atoms with van der Waals surface area (Å²) in [6.07, 6.45) is -1.43. The molecule has 168 valence electrons. The van der Waals surface area contributed by atoms with Gasteiger partial charge in [-0.25, -0.2) is 9.97 Å². The average molecular weight is 452 g/mol. The van der Waals surface area contributed by atoms with E-state index in [-0.39, 0.29) is 24.4 Å². The van der Waals surface area contributed by atoms with Crippen molar-refractivity contribution in [3.05, 3.63) is 83.2 Å². The van der Waals surface area contributed by atoms with Gasteiger partial charge in [0.15, 0.2) is 0 Å². The number of anilines is 1. The summed E-state index contributed by atoms with van der Waals surface area (Å²) >= 11 is 0. The largest absolute Gasteiger partial charge is 0.508 e. The zero-order chi connectivity index (χ0) is 23.4. The number of piperazine rings is 1. The fourth-order valence-corrected chi connectivity index (χ4v) is 3.47. The topological polar surface area (TPSA) is 69.6 Å². The standard InChI is InChI=1S/C24H19F3N4O2/c25-24(26,27)21-7-2-1-6-20(21)22(33)30-10-12-31(13-11-30)23-28-15-18(16-29-23)9-8-17-4-3-5-19(32)14-17/h1-7,14-16,32H,10-13H2. The van der Waals surface area contributed by atoms with Crippen molar-refractivity contribution in [2.45, 2.75) is 6.18 Å². The molecule has 1 aliphatic rings. The van der Waals surface area contributed by atoms with Crippen LogP contribution in [0.3, 0.4) is 0 Å². The van der Waals surface area contributed by atoms with Gasteiger partial charge in [-0.15, -0.1) is 0 Å². The van der Waals surface area contributed by atoms with Crippen molar-refractivity contribution in [1.29, 1.82) is 0 Å². The summed E-state index contributed by atoms with van der Waals surface area (Å²) in [5, 5.41) is 9.49. The van der Waals surface area contributed by atoms with Crippen molar-refractivity contribution in [2.75, 3.05) is 31.1 Å². The van der Waals surface area contributed by atoms with Gasteiger partial charge in [-0.2, -0.15) is 13.2 Å². The summed E-state index contributed by atoms with van der Waals surface area (Å²) in [5.41, 5.74) is -0.0147. The first-order chi connectivity index (χ1) is 15.8. The van der Waals surface area contributed by atoms with Crippen LogP contribution in [0.1, 0.15) is 27.0 Å². The number of amides is 1. The number of hydrogen-bond donors (Lipinski definition) is 1. The molecule has 2 aromatic carbocycles. The maximum absolute atomic E-state index is 13.2. The van der Waals surface area contributed by atoms with Crippen molar-refractivity contribution in [3.63, 3.8) is 0 Å². The van der Waals surface area contributed by atoms with Crippen LogP contribution >= 0.6 is 0 Å². The van der Waals surface area contributed by atoms with Gasteiger partial charge in [0.2, 0.25) is 5.95 Å². The highest BCUT2D eigenvalue weighted by Crippen LogP contribution is 2.32. The first-order valence-electron chi connectivity index (χ1n) is 10.1. The van der Waals surface area contributed by atoms with Crippen LogP contribution in [0.4, 0.5) is 19.1 Å². The molecule has 2 heterocycles. The second kappa shape index (κ2) is 9.20. The van der Waals surface area contributed by atoms with E-state index in [0.29, 0.717) is 30.2 Å². The smallest absolute Gasteiger partial charge is 0.417 e. The predicted octanol–water partition coefficient (Wildman–Crippen LogP) is 3.56. The Morgan fingerprint density at radius 3 is 2.24 bits per heavy atom. The van der Waals surface area contributed by atoms with Gasteiger partial charge in [0.25, 0.3) is 5.91 Å². The molecule has 1 saturated heterocycles. The number of phenols is 1. The molecular weight excluding hydrogens is 433 g/mol. The van der Waals surface area contributed by atoms with Crippen molar-refractivity contribution in [1.82, 2.24) is 14.9 Å². The molecule has 0 spiro atoms. The minimum absolute atomic E-state index is 0.132. The highest BCUT2D eigenvalue weighted by atomic mass is 19.4. The van der Waals surface area contributed by atoms with E-state index < -0.39 is 17.6 Å². The second-order valence-corrected chi connectivity index (χ2v) is 7.39. The summed E-state index contributed by atoms with van der Waals surface area (Å²) < 4.78 is 39.7. The third-order valence-corrected chi connectivity index (χ3v) is 5.15. The number of phenolic OH excluding ortho intramolecular Hbond substituents is 1. The summed E-state index contributed by atoms with van der Waals surface area (Å²) in [6.45, 7) is 1.31. The molecule has 0 atom stereocenters. The van der Waals surface area contributed by atoms with E-state index in [1.807, 2.05) is 4.90 Å². The number of aromatic nitrogens is 2. The fraction of sp³-hybridized carbons (Fsp3) is 0.208. The van der Waals surface area contributed by atoms with Gasteiger partial charge in [-0.1, -0.05) is 30.0 Å². The van der Waals surface area contributed by atoms with E-state index >= 15 is 0 Å². The number of benzene rings is 2. The Balaban J connectivity index is 1.39. The highest BCUT2D eigenvalue weighted by molar-refractivity contribution is 5.96. The Morgan fingerprint density at radius 2 is 1.58 bits per heavy atom. The van der Waals surface area contributed by atoms with Crippen molar-refractivity contribution in [2.24, 2.45) is 0 Å². The van der Waals surface area contributed by atoms with E-state index in [9.17, 15) is 23.1 Å². The number of rotatable bonds is 2.